The fourth-order valence-electron chi connectivity index (χ4n) is 1.61. The molecule has 2 rings (SSSR count). The Balaban J connectivity index is 2.15. The number of carbonyl (C=O) groups excluding carboxylic acids is 1. The van der Waals surface area contributed by atoms with Gasteiger partial charge in [-0.3, -0.25) is 9.48 Å². The van der Waals surface area contributed by atoms with Crippen LogP contribution in [0.25, 0.3) is 0 Å². The molecule has 0 bridgehead atoms. The van der Waals surface area contributed by atoms with E-state index in [-0.39, 0.29) is 5.91 Å². The third kappa shape index (κ3) is 2.15. The van der Waals surface area contributed by atoms with Crippen LogP contribution in [-0.2, 0) is 13.6 Å². The molecule has 2 heterocycles. The zero-order chi connectivity index (χ0) is 12.4. The minimum Gasteiger partial charge on any atom is -0.467 e. The third-order valence-corrected chi connectivity index (χ3v) is 2.49. The SMILES string of the molecule is CN(Cc1ccco1)C(=O)c1c(N)cnn1C. The number of anilines is 1. The number of hydrogen-bond acceptors (Lipinski definition) is 4. The van der Waals surface area contributed by atoms with Gasteiger partial charge in [0, 0.05) is 14.1 Å². The van der Waals surface area contributed by atoms with Crippen molar-refractivity contribution in [2.75, 3.05) is 12.8 Å². The first kappa shape index (κ1) is 11.3. The van der Waals surface area contributed by atoms with Crippen molar-refractivity contribution in [2.24, 2.45) is 7.05 Å². The fraction of sp³-hybridized carbons (Fsp3) is 0.273. The van der Waals surface area contributed by atoms with E-state index in [4.69, 9.17) is 10.2 Å². The highest BCUT2D eigenvalue weighted by Crippen LogP contribution is 2.13. The number of rotatable bonds is 3. The number of nitrogens with zero attached hydrogens (tertiary/aromatic N) is 3. The van der Waals surface area contributed by atoms with Crippen LogP contribution in [0.5, 0.6) is 0 Å². The molecule has 0 aliphatic rings. The lowest BCUT2D eigenvalue weighted by atomic mass is 10.3. The largest absolute Gasteiger partial charge is 0.467 e. The number of aryl methyl sites for hydroxylation is 1. The second-order valence-corrected chi connectivity index (χ2v) is 3.81. The first-order valence-electron chi connectivity index (χ1n) is 5.15. The summed E-state index contributed by atoms with van der Waals surface area (Å²) in [5, 5.41) is 3.94. The number of furan rings is 1. The standard InChI is InChI=1S/C11H14N4O2/c1-14(7-8-4-3-5-17-8)11(16)10-9(12)6-13-15(10)2/h3-6H,7,12H2,1-2H3. The molecule has 6 nitrogen and oxygen atoms in total. The van der Waals surface area contributed by atoms with Crippen LogP contribution < -0.4 is 5.73 Å². The van der Waals surface area contributed by atoms with Crippen LogP contribution in [0.2, 0.25) is 0 Å². The van der Waals surface area contributed by atoms with E-state index in [0.717, 1.165) is 5.76 Å². The molecular weight excluding hydrogens is 220 g/mol. The Morgan fingerprint density at radius 2 is 2.41 bits per heavy atom. The Morgan fingerprint density at radius 3 is 2.94 bits per heavy atom. The summed E-state index contributed by atoms with van der Waals surface area (Å²) in [4.78, 5) is 13.7. The molecule has 0 spiro atoms. The molecule has 6 heteroatoms. The van der Waals surface area contributed by atoms with Gasteiger partial charge < -0.3 is 15.1 Å². The molecule has 0 saturated carbocycles. The fourth-order valence-corrected chi connectivity index (χ4v) is 1.61. The van der Waals surface area contributed by atoms with Gasteiger partial charge in [0.1, 0.15) is 11.5 Å². The van der Waals surface area contributed by atoms with E-state index in [1.165, 1.54) is 15.8 Å². The maximum atomic E-state index is 12.1. The molecule has 0 aliphatic carbocycles. The number of nitrogen functional groups attached to an aromatic ring is 1. The minimum absolute atomic E-state index is 0.182. The van der Waals surface area contributed by atoms with E-state index in [9.17, 15) is 4.79 Å². The highest BCUT2D eigenvalue weighted by molar-refractivity contribution is 5.97. The number of carbonyl (C=O) groups is 1. The number of amides is 1. The van der Waals surface area contributed by atoms with Crippen LogP contribution in [0.4, 0.5) is 5.69 Å². The summed E-state index contributed by atoms with van der Waals surface area (Å²) in [6.07, 6.45) is 3.04. The summed E-state index contributed by atoms with van der Waals surface area (Å²) in [6.45, 7) is 0.399. The smallest absolute Gasteiger partial charge is 0.274 e. The second-order valence-electron chi connectivity index (χ2n) is 3.81. The van der Waals surface area contributed by atoms with Gasteiger partial charge in [-0.1, -0.05) is 0 Å². The van der Waals surface area contributed by atoms with Gasteiger partial charge in [-0.15, -0.1) is 0 Å². The van der Waals surface area contributed by atoms with Crippen LogP contribution >= 0.6 is 0 Å². The number of hydrogen-bond donors (Lipinski definition) is 1. The van der Waals surface area contributed by atoms with Gasteiger partial charge in [0.15, 0.2) is 0 Å². The van der Waals surface area contributed by atoms with Gasteiger partial charge in [0.25, 0.3) is 5.91 Å². The van der Waals surface area contributed by atoms with Gasteiger partial charge in [-0.25, -0.2) is 0 Å². The van der Waals surface area contributed by atoms with Crippen molar-refractivity contribution in [3.8, 4) is 0 Å². The van der Waals surface area contributed by atoms with Crippen molar-refractivity contribution >= 4 is 11.6 Å². The van der Waals surface area contributed by atoms with Crippen LogP contribution in [0.3, 0.4) is 0 Å². The lowest BCUT2D eigenvalue weighted by molar-refractivity contribution is 0.0765. The topological polar surface area (TPSA) is 77.3 Å². The lowest BCUT2D eigenvalue weighted by Crippen LogP contribution is -2.28. The van der Waals surface area contributed by atoms with Crippen molar-refractivity contribution in [2.45, 2.75) is 6.54 Å². The van der Waals surface area contributed by atoms with E-state index < -0.39 is 0 Å². The Hall–Kier alpha value is -2.24. The van der Waals surface area contributed by atoms with Gasteiger partial charge in [0.2, 0.25) is 0 Å². The average molecular weight is 234 g/mol. The first-order chi connectivity index (χ1) is 8.09. The van der Waals surface area contributed by atoms with E-state index in [1.807, 2.05) is 6.07 Å². The zero-order valence-corrected chi connectivity index (χ0v) is 9.75. The highest BCUT2D eigenvalue weighted by atomic mass is 16.3. The predicted octanol–water partition coefficient (Wildman–Crippen LogP) is 0.868. The lowest BCUT2D eigenvalue weighted by Gasteiger charge is -2.16. The molecule has 90 valence electrons. The maximum absolute atomic E-state index is 12.1. The maximum Gasteiger partial charge on any atom is 0.274 e. The van der Waals surface area contributed by atoms with Crippen LogP contribution in [0, 0.1) is 0 Å². The molecule has 1 amide bonds. The molecule has 0 fully saturated rings. The van der Waals surface area contributed by atoms with Gasteiger partial charge in [-0.05, 0) is 12.1 Å². The molecule has 17 heavy (non-hydrogen) atoms. The highest BCUT2D eigenvalue weighted by Gasteiger charge is 2.19. The molecular formula is C11H14N4O2. The predicted molar refractivity (Wildman–Crippen MR) is 62.1 cm³/mol. The molecule has 2 aromatic rings. The summed E-state index contributed by atoms with van der Waals surface area (Å²) < 4.78 is 6.65. The Labute approximate surface area is 98.6 Å². The summed E-state index contributed by atoms with van der Waals surface area (Å²) >= 11 is 0. The number of aromatic nitrogens is 2. The molecule has 0 saturated heterocycles. The van der Waals surface area contributed by atoms with E-state index in [2.05, 4.69) is 5.10 Å². The van der Waals surface area contributed by atoms with E-state index in [1.54, 1.807) is 26.4 Å². The summed E-state index contributed by atoms with van der Waals surface area (Å²) in [5.74, 6) is 0.542. The van der Waals surface area contributed by atoms with Crippen LogP contribution in [0.1, 0.15) is 16.2 Å². The van der Waals surface area contributed by atoms with E-state index in [0.29, 0.717) is 17.9 Å². The molecule has 2 aromatic heterocycles. The van der Waals surface area contributed by atoms with Gasteiger partial charge >= 0.3 is 0 Å². The Bertz CT molecular complexity index is 496. The summed E-state index contributed by atoms with van der Waals surface area (Å²) in [6, 6.07) is 3.60. The molecule has 0 aromatic carbocycles. The zero-order valence-electron chi connectivity index (χ0n) is 9.75. The average Bonchev–Trinajstić information content (AvgIpc) is 2.89. The van der Waals surface area contributed by atoms with Crippen molar-refractivity contribution < 1.29 is 9.21 Å². The molecule has 2 N–H and O–H groups in total. The molecule has 0 radical (unpaired) electrons. The minimum atomic E-state index is -0.182. The summed E-state index contributed by atoms with van der Waals surface area (Å²) in [7, 11) is 3.38. The van der Waals surface area contributed by atoms with Crippen molar-refractivity contribution in [1.29, 1.82) is 0 Å². The monoisotopic (exact) mass is 234 g/mol. The Kier molecular flexibility index (Phi) is 2.86. The molecule has 0 unspecified atom stereocenters. The normalized spacial score (nSPS) is 10.5. The quantitative estimate of drug-likeness (QED) is 0.854. The van der Waals surface area contributed by atoms with Crippen molar-refractivity contribution in [1.82, 2.24) is 14.7 Å². The van der Waals surface area contributed by atoms with Gasteiger partial charge in [-0.2, -0.15) is 5.10 Å². The van der Waals surface area contributed by atoms with E-state index >= 15 is 0 Å². The molecule has 0 atom stereocenters. The van der Waals surface area contributed by atoms with Crippen LogP contribution in [0.15, 0.2) is 29.0 Å². The van der Waals surface area contributed by atoms with Crippen molar-refractivity contribution in [3.63, 3.8) is 0 Å². The van der Waals surface area contributed by atoms with Crippen molar-refractivity contribution in [3.05, 3.63) is 36.0 Å². The number of nitrogens with two attached hydrogens (primary N) is 1. The first-order valence-corrected chi connectivity index (χ1v) is 5.15. The molecule has 0 aliphatic heterocycles. The van der Waals surface area contributed by atoms with Gasteiger partial charge in [0.05, 0.1) is 24.7 Å². The summed E-state index contributed by atoms with van der Waals surface area (Å²) in [5.41, 5.74) is 6.47. The van der Waals surface area contributed by atoms with Crippen LogP contribution in [-0.4, -0.2) is 27.6 Å². The second kappa shape index (κ2) is 4.32. The third-order valence-electron chi connectivity index (χ3n) is 2.49. The Morgan fingerprint density at radius 1 is 1.65 bits per heavy atom.